The standard InChI is InChI=1S/C23H46N2OSi3/c1-19(2)24(20(3)4)23(25(27(5,6)7)28(8,9)10)22(26-29(11,12)13)21-17-15-14-16-18-21/h14-20H,1-13H3/b23-22-. The third-order valence-electron chi connectivity index (χ3n) is 4.56. The van der Waals surface area contributed by atoms with Crippen molar-refractivity contribution in [1.82, 2.24) is 9.13 Å². The molecule has 166 valence electrons. The van der Waals surface area contributed by atoms with E-state index in [-0.39, 0.29) is 0 Å². The van der Waals surface area contributed by atoms with E-state index in [1.807, 2.05) is 0 Å². The van der Waals surface area contributed by atoms with Crippen molar-refractivity contribution in [2.45, 2.75) is 98.7 Å². The van der Waals surface area contributed by atoms with Crippen LogP contribution in [0.2, 0.25) is 58.9 Å². The van der Waals surface area contributed by atoms with Crippen LogP contribution in [-0.4, -0.2) is 46.0 Å². The quantitative estimate of drug-likeness (QED) is 0.291. The number of rotatable bonds is 9. The summed E-state index contributed by atoms with van der Waals surface area (Å²) in [7, 11) is -5.19. The molecule has 0 heterocycles. The van der Waals surface area contributed by atoms with Gasteiger partial charge in [-0.15, -0.1) is 0 Å². The molecule has 0 spiro atoms. The Bertz CT molecular complexity index is 659. The molecule has 0 amide bonds. The number of hydrogen-bond donors (Lipinski definition) is 0. The highest BCUT2D eigenvalue weighted by molar-refractivity contribution is 6.90. The van der Waals surface area contributed by atoms with E-state index in [1.165, 1.54) is 11.4 Å². The Morgan fingerprint density at radius 3 is 1.45 bits per heavy atom. The summed E-state index contributed by atoms with van der Waals surface area (Å²) in [6.45, 7) is 30.9. The maximum atomic E-state index is 6.92. The van der Waals surface area contributed by atoms with E-state index in [9.17, 15) is 0 Å². The van der Waals surface area contributed by atoms with Gasteiger partial charge in [-0.3, -0.25) is 0 Å². The average molecular weight is 451 g/mol. The van der Waals surface area contributed by atoms with Crippen molar-refractivity contribution >= 4 is 30.5 Å². The molecule has 0 fully saturated rings. The summed E-state index contributed by atoms with van der Waals surface area (Å²) < 4.78 is 9.75. The second kappa shape index (κ2) is 9.43. The molecule has 0 aliphatic rings. The highest BCUT2D eigenvalue weighted by Crippen LogP contribution is 2.36. The van der Waals surface area contributed by atoms with E-state index in [2.05, 4.69) is 126 Å². The van der Waals surface area contributed by atoms with Gasteiger partial charge in [0.25, 0.3) is 0 Å². The molecule has 0 N–H and O–H groups in total. The number of hydrogen-bond acceptors (Lipinski definition) is 3. The smallest absolute Gasteiger partial charge is 0.242 e. The van der Waals surface area contributed by atoms with Crippen LogP contribution in [0.3, 0.4) is 0 Å². The molecule has 0 aliphatic carbocycles. The van der Waals surface area contributed by atoms with E-state index in [0.717, 1.165) is 5.76 Å². The van der Waals surface area contributed by atoms with Crippen LogP contribution in [0.5, 0.6) is 0 Å². The predicted molar refractivity (Wildman–Crippen MR) is 138 cm³/mol. The first-order chi connectivity index (χ1) is 13.0. The Balaban J connectivity index is 4.08. The summed E-state index contributed by atoms with van der Waals surface area (Å²) in [5.74, 6) is 2.40. The summed E-state index contributed by atoms with van der Waals surface area (Å²) in [6.07, 6.45) is 0. The molecule has 29 heavy (non-hydrogen) atoms. The second-order valence-corrected chi connectivity index (χ2v) is 26.0. The lowest BCUT2D eigenvalue weighted by atomic mass is 10.1. The summed E-state index contributed by atoms with van der Waals surface area (Å²) in [6, 6.07) is 11.5. The molecular weight excluding hydrogens is 405 g/mol. The first kappa shape index (κ1) is 26.0. The van der Waals surface area contributed by atoms with Crippen molar-refractivity contribution in [2.24, 2.45) is 0 Å². The van der Waals surface area contributed by atoms with Crippen molar-refractivity contribution in [2.75, 3.05) is 0 Å². The minimum Gasteiger partial charge on any atom is -0.542 e. The summed E-state index contributed by atoms with van der Waals surface area (Å²) in [5, 5.41) is 0. The van der Waals surface area contributed by atoms with Crippen LogP contribution >= 0.6 is 0 Å². The number of benzene rings is 1. The summed E-state index contributed by atoms with van der Waals surface area (Å²) in [5.41, 5.74) is 1.19. The third-order valence-corrected chi connectivity index (χ3v) is 12.5. The predicted octanol–water partition coefficient (Wildman–Crippen LogP) is 7.25. The lowest BCUT2D eigenvalue weighted by molar-refractivity contribution is 0.197. The van der Waals surface area contributed by atoms with Gasteiger partial charge in [-0.05, 0) is 47.3 Å². The van der Waals surface area contributed by atoms with Crippen molar-refractivity contribution in [3.8, 4) is 0 Å². The molecule has 0 unspecified atom stereocenters. The van der Waals surface area contributed by atoms with Gasteiger partial charge in [-0.25, -0.2) is 0 Å². The van der Waals surface area contributed by atoms with Gasteiger partial charge in [0.05, 0.1) is 0 Å². The minimum atomic E-state index is -1.83. The molecule has 3 nitrogen and oxygen atoms in total. The first-order valence-corrected chi connectivity index (χ1v) is 21.3. The van der Waals surface area contributed by atoms with Gasteiger partial charge >= 0.3 is 0 Å². The number of nitrogens with zero attached hydrogens (tertiary/aromatic N) is 2. The Kier molecular flexibility index (Phi) is 8.47. The Hall–Kier alpha value is -0.989. The molecule has 0 aromatic heterocycles. The van der Waals surface area contributed by atoms with Crippen LogP contribution in [0.4, 0.5) is 0 Å². The van der Waals surface area contributed by atoms with Gasteiger partial charge in [0.15, 0.2) is 5.76 Å². The van der Waals surface area contributed by atoms with Crippen molar-refractivity contribution in [1.29, 1.82) is 0 Å². The molecule has 0 saturated carbocycles. The van der Waals surface area contributed by atoms with Crippen molar-refractivity contribution in [3.63, 3.8) is 0 Å². The summed E-state index contributed by atoms with van der Waals surface area (Å²) >= 11 is 0. The maximum Gasteiger partial charge on any atom is 0.242 e. The highest BCUT2D eigenvalue weighted by Gasteiger charge is 2.41. The molecule has 0 aliphatic heterocycles. The van der Waals surface area contributed by atoms with Crippen molar-refractivity contribution < 1.29 is 4.43 Å². The Morgan fingerprint density at radius 1 is 0.724 bits per heavy atom. The zero-order valence-electron chi connectivity index (χ0n) is 21.3. The van der Waals surface area contributed by atoms with E-state index in [1.54, 1.807) is 0 Å². The lowest BCUT2D eigenvalue weighted by Crippen LogP contribution is -2.62. The zero-order valence-corrected chi connectivity index (χ0v) is 24.3. The Labute approximate surface area is 184 Å². The SMILES string of the molecule is CC(C)N(/C(=C(/O[Si](C)(C)C)c1ccccc1)N([Si](C)(C)C)[Si](C)(C)C)C(C)C. The van der Waals surface area contributed by atoms with Crippen molar-refractivity contribution in [3.05, 3.63) is 41.7 Å². The Morgan fingerprint density at radius 2 is 1.14 bits per heavy atom. The van der Waals surface area contributed by atoms with Crippen LogP contribution in [0.15, 0.2) is 36.2 Å². The molecule has 0 atom stereocenters. The van der Waals surface area contributed by atoms with E-state index in [4.69, 9.17) is 4.43 Å². The van der Waals surface area contributed by atoms with Crippen LogP contribution in [0.25, 0.3) is 5.76 Å². The summed E-state index contributed by atoms with van der Waals surface area (Å²) in [4.78, 5) is 2.60. The van der Waals surface area contributed by atoms with Crippen LogP contribution < -0.4 is 0 Å². The topological polar surface area (TPSA) is 15.7 Å². The molecule has 6 heteroatoms. The molecule has 1 aromatic rings. The fraction of sp³-hybridized carbons (Fsp3) is 0.652. The fourth-order valence-corrected chi connectivity index (χ4v) is 14.8. The molecule has 0 radical (unpaired) electrons. The minimum absolute atomic E-state index is 0.393. The van der Waals surface area contributed by atoms with Crippen LogP contribution in [0, 0.1) is 0 Å². The lowest BCUT2D eigenvalue weighted by Gasteiger charge is -2.53. The van der Waals surface area contributed by atoms with Crippen LogP contribution in [-0.2, 0) is 4.43 Å². The van der Waals surface area contributed by atoms with E-state index < -0.39 is 24.8 Å². The zero-order chi connectivity index (χ0) is 22.8. The highest BCUT2D eigenvalue weighted by atomic mass is 28.4. The fourth-order valence-electron chi connectivity index (χ4n) is 4.19. The maximum absolute atomic E-state index is 6.92. The normalized spacial score (nSPS) is 14.2. The molecule has 1 rings (SSSR count). The molecule has 0 saturated heterocycles. The van der Waals surface area contributed by atoms with Gasteiger partial charge in [-0.1, -0.05) is 69.6 Å². The van der Waals surface area contributed by atoms with Gasteiger partial charge in [0.2, 0.25) is 8.32 Å². The third kappa shape index (κ3) is 7.33. The molecule has 0 bridgehead atoms. The van der Waals surface area contributed by atoms with Crippen LogP contribution in [0.1, 0.15) is 33.3 Å². The van der Waals surface area contributed by atoms with E-state index in [0.29, 0.717) is 12.1 Å². The van der Waals surface area contributed by atoms with E-state index >= 15 is 0 Å². The molecule has 1 aromatic carbocycles. The second-order valence-electron chi connectivity index (χ2n) is 11.5. The van der Waals surface area contributed by atoms with Gasteiger partial charge in [-0.2, -0.15) is 0 Å². The van der Waals surface area contributed by atoms with Gasteiger partial charge < -0.3 is 13.6 Å². The average Bonchev–Trinajstić information content (AvgIpc) is 2.48. The molecular formula is C23H46N2OSi3. The largest absolute Gasteiger partial charge is 0.542 e. The van der Waals surface area contributed by atoms with Gasteiger partial charge in [0, 0.05) is 17.6 Å². The monoisotopic (exact) mass is 450 g/mol. The first-order valence-electron chi connectivity index (χ1n) is 11.0. The van der Waals surface area contributed by atoms with Gasteiger partial charge in [0.1, 0.15) is 22.3 Å².